The first kappa shape index (κ1) is 18.5. The molecule has 3 aromatic rings. The zero-order valence-corrected chi connectivity index (χ0v) is 16.4. The van der Waals surface area contributed by atoms with Crippen molar-refractivity contribution < 1.29 is 18.7 Å². The molecule has 0 N–H and O–H groups in total. The maximum Gasteiger partial charge on any atom is 0.260 e. The molecule has 1 amide bonds. The zero-order chi connectivity index (χ0) is 19.3. The molecule has 4 rings (SSSR count). The van der Waals surface area contributed by atoms with Crippen molar-refractivity contribution in [1.29, 1.82) is 0 Å². The van der Waals surface area contributed by atoms with E-state index in [1.165, 1.54) is 0 Å². The number of nitrogens with zero attached hydrogens (tertiary/aromatic N) is 3. The number of aromatic nitrogens is 2. The summed E-state index contributed by atoms with van der Waals surface area (Å²) in [5.74, 6) is 2.42. The Balaban J connectivity index is 1.36. The van der Waals surface area contributed by atoms with Crippen LogP contribution in [0.4, 0.5) is 0 Å². The van der Waals surface area contributed by atoms with E-state index in [0.29, 0.717) is 36.4 Å². The molecule has 28 heavy (non-hydrogen) atoms. The minimum absolute atomic E-state index is 0.0100. The average Bonchev–Trinajstić information content (AvgIpc) is 3.44. The third-order valence-corrected chi connectivity index (χ3v) is 5.42. The van der Waals surface area contributed by atoms with E-state index in [9.17, 15) is 4.79 Å². The van der Waals surface area contributed by atoms with Gasteiger partial charge in [0.1, 0.15) is 11.5 Å². The van der Waals surface area contributed by atoms with E-state index < -0.39 is 0 Å². The molecule has 1 fully saturated rings. The average molecular weight is 399 g/mol. The highest BCUT2D eigenvalue weighted by Crippen LogP contribution is 2.29. The van der Waals surface area contributed by atoms with E-state index in [-0.39, 0.29) is 18.4 Å². The maximum atomic E-state index is 12.6. The number of piperidine rings is 1. The van der Waals surface area contributed by atoms with Crippen LogP contribution in [-0.2, 0) is 4.79 Å². The van der Waals surface area contributed by atoms with E-state index in [1.807, 2.05) is 33.9 Å². The van der Waals surface area contributed by atoms with Gasteiger partial charge in [0.15, 0.2) is 6.61 Å². The lowest BCUT2D eigenvalue weighted by molar-refractivity contribution is -0.134. The van der Waals surface area contributed by atoms with Crippen LogP contribution in [0.5, 0.6) is 11.5 Å². The van der Waals surface area contributed by atoms with Crippen molar-refractivity contribution in [3.05, 3.63) is 47.0 Å². The van der Waals surface area contributed by atoms with Gasteiger partial charge in [0.05, 0.1) is 13.0 Å². The van der Waals surface area contributed by atoms with E-state index in [1.54, 1.807) is 30.6 Å². The molecule has 7 nitrogen and oxygen atoms in total. The van der Waals surface area contributed by atoms with Crippen molar-refractivity contribution >= 4 is 17.2 Å². The number of hydrogen-bond acceptors (Lipinski definition) is 7. The highest BCUT2D eigenvalue weighted by atomic mass is 32.1. The lowest BCUT2D eigenvalue weighted by Crippen LogP contribution is -2.41. The van der Waals surface area contributed by atoms with Gasteiger partial charge in [0.25, 0.3) is 5.91 Å². The minimum atomic E-state index is -0.0508. The number of rotatable bonds is 6. The highest BCUT2D eigenvalue weighted by Gasteiger charge is 2.28. The monoisotopic (exact) mass is 399 g/mol. The van der Waals surface area contributed by atoms with Crippen LogP contribution in [0.25, 0.3) is 11.5 Å². The molecule has 0 unspecified atom stereocenters. The van der Waals surface area contributed by atoms with E-state index in [2.05, 4.69) is 10.2 Å². The summed E-state index contributed by atoms with van der Waals surface area (Å²) in [4.78, 5) is 14.4. The fourth-order valence-corrected chi connectivity index (χ4v) is 3.86. The molecular weight excluding hydrogens is 378 g/mol. The quantitative estimate of drug-likeness (QED) is 0.630. The SMILES string of the molecule is COc1cccc(OCC(=O)N2CCC[C@H](c3nnc(-c4ccsc4)o3)C2)c1. The predicted molar refractivity (Wildman–Crippen MR) is 105 cm³/mol. The van der Waals surface area contributed by atoms with Gasteiger partial charge in [-0.05, 0) is 36.4 Å². The second-order valence-corrected chi connectivity index (χ2v) is 7.38. The Morgan fingerprint density at radius 3 is 3.04 bits per heavy atom. The number of carbonyl (C=O) groups is 1. The van der Waals surface area contributed by atoms with Crippen molar-refractivity contribution in [1.82, 2.24) is 15.1 Å². The van der Waals surface area contributed by atoms with Gasteiger partial charge in [-0.25, -0.2) is 0 Å². The molecule has 1 aromatic carbocycles. The van der Waals surface area contributed by atoms with Crippen LogP contribution in [0.1, 0.15) is 24.7 Å². The van der Waals surface area contributed by atoms with Crippen LogP contribution < -0.4 is 9.47 Å². The van der Waals surface area contributed by atoms with E-state index in [4.69, 9.17) is 13.9 Å². The normalized spacial score (nSPS) is 16.8. The molecule has 0 spiro atoms. The largest absolute Gasteiger partial charge is 0.497 e. The molecule has 2 aromatic heterocycles. The van der Waals surface area contributed by atoms with Crippen LogP contribution in [-0.4, -0.2) is 47.8 Å². The summed E-state index contributed by atoms with van der Waals surface area (Å²) in [6.07, 6.45) is 1.82. The molecule has 0 aliphatic carbocycles. The van der Waals surface area contributed by atoms with Gasteiger partial charge < -0.3 is 18.8 Å². The van der Waals surface area contributed by atoms with Crippen molar-refractivity contribution in [2.75, 3.05) is 26.8 Å². The molecule has 3 heterocycles. The van der Waals surface area contributed by atoms with Gasteiger partial charge in [-0.2, -0.15) is 11.3 Å². The van der Waals surface area contributed by atoms with Crippen LogP contribution >= 0.6 is 11.3 Å². The second kappa shape index (κ2) is 8.43. The van der Waals surface area contributed by atoms with E-state index >= 15 is 0 Å². The number of thiophene rings is 1. The topological polar surface area (TPSA) is 77.7 Å². The third kappa shape index (κ3) is 4.17. The summed E-state index contributed by atoms with van der Waals surface area (Å²) in [6.45, 7) is 1.26. The van der Waals surface area contributed by atoms with Gasteiger partial charge in [-0.3, -0.25) is 4.79 Å². The van der Waals surface area contributed by atoms with Gasteiger partial charge >= 0.3 is 0 Å². The Labute approximate surface area is 166 Å². The molecular formula is C20H21N3O4S. The summed E-state index contributed by atoms with van der Waals surface area (Å²) < 4.78 is 16.7. The van der Waals surface area contributed by atoms with Crippen LogP contribution in [0.3, 0.4) is 0 Å². The Morgan fingerprint density at radius 2 is 2.21 bits per heavy atom. The molecule has 0 saturated carbocycles. The first-order valence-corrected chi connectivity index (χ1v) is 10.1. The fourth-order valence-electron chi connectivity index (χ4n) is 3.23. The maximum absolute atomic E-state index is 12.6. The number of amides is 1. The number of ether oxygens (including phenoxy) is 2. The van der Waals surface area contributed by atoms with Gasteiger partial charge in [-0.1, -0.05) is 6.07 Å². The van der Waals surface area contributed by atoms with Crippen molar-refractivity contribution in [3.8, 4) is 23.0 Å². The molecule has 8 heteroatoms. The molecule has 0 radical (unpaired) electrons. The molecule has 0 bridgehead atoms. The lowest BCUT2D eigenvalue weighted by atomic mass is 9.98. The number of benzene rings is 1. The summed E-state index contributed by atoms with van der Waals surface area (Å²) in [5, 5.41) is 12.3. The van der Waals surface area contributed by atoms with Crippen LogP contribution in [0.15, 0.2) is 45.5 Å². The first-order valence-electron chi connectivity index (χ1n) is 9.13. The van der Waals surface area contributed by atoms with Crippen molar-refractivity contribution in [2.45, 2.75) is 18.8 Å². The number of likely N-dealkylation sites (tertiary alicyclic amines) is 1. The van der Waals surface area contributed by atoms with Crippen molar-refractivity contribution in [2.24, 2.45) is 0 Å². The Hall–Kier alpha value is -2.87. The smallest absolute Gasteiger partial charge is 0.260 e. The standard InChI is InChI=1S/C20H21N3O4S/c1-25-16-5-2-6-17(10-16)26-12-18(24)23-8-3-4-14(11-23)19-21-22-20(27-19)15-7-9-28-13-15/h2,5-7,9-10,13-14H,3-4,8,11-12H2,1H3/t14-/m0/s1. The molecule has 1 saturated heterocycles. The minimum Gasteiger partial charge on any atom is -0.497 e. The van der Waals surface area contributed by atoms with Crippen LogP contribution in [0.2, 0.25) is 0 Å². The third-order valence-electron chi connectivity index (χ3n) is 4.74. The van der Waals surface area contributed by atoms with Crippen molar-refractivity contribution in [3.63, 3.8) is 0 Å². The van der Waals surface area contributed by atoms with Crippen LogP contribution in [0, 0.1) is 0 Å². The molecule has 1 aliphatic rings. The molecule has 1 aliphatic heterocycles. The van der Waals surface area contributed by atoms with Gasteiger partial charge in [-0.15, -0.1) is 10.2 Å². The Bertz CT molecular complexity index is 925. The van der Waals surface area contributed by atoms with Gasteiger partial charge in [0, 0.05) is 30.1 Å². The number of carbonyl (C=O) groups excluding carboxylic acids is 1. The van der Waals surface area contributed by atoms with E-state index in [0.717, 1.165) is 18.4 Å². The first-order chi connectivity index (χ1) is 13.7. The molecule has 146 valence electrons. The predicted octanol–water partition coefficient (Wildman–Crippen LogP) is 3.59. The summed E-state index contributed by atoms with van der Waals surface area (Å²) >= 11 is 1.59. The second-order valence-electron chi connectivity index (χ2n) is 6.60. The Morgan fingerprint density at radius 1 is 1.32 bits per heavy atom. The summed E-state index contributed by atoms with van der Waals surface area (Å²) in [6, 6.07) is 9.18. The molecule has 1 atom stereocenters. The highest BCUT2D eigenvalue weighted by molar-refractivity contribution is 7.08. The number of methoxy groups -OCH3 is 1. The zero-order valence-electron chi connectivity index (χ0n) is 15.5. The number of hydrogen-bond donors (Lipinski definition) is 0. The lowest BCUT2D eigenvalue weighted by Gasteiger charge is -2.31. The summed E-state index contributed by atoms with van der Waals surface area (Å²) in [7, 11) is 1.60. The summed E-state index contributed by atoms with van der Waals surface area (Å²) in [5.41, 5.74) is 0.930. The Kier molecular flexibility index (Phi) is 5.57. The fraction of sp³-hybridized carbons (Fsp3) is 0.350. The van der Waals surface area contributed by atoms with Gasteiger partial charge in [0.2, 0.25) is 11.8 Å².